The maximum absolute atomic E-state index is 10.5. The van der Waals surface area contributed by atoms with E-state index in [1.807, 2.05) is 32.1 Å². The largest absolute Gasteiger partial charge is 0.480 e. The van der Waals surface area contributed by atoms with Crippen LogP contribution in [0.1, 0.15) is 11.5 Å². The van der Waals surface area contributed by atoms with Gasteiger partial charge in [-0.15, -0.1) is 0 Å². The van der Waals surface area contributed by atoms with Crippen molar-refractivity contribution in [1.29, 1.82) is 0 Å². The predicted octanol–water partition coefficient (Wildman–Crippen LogP) is 2.21. The molecule has 1 aromatic rings. The van der Waals surface area contributed by atoms with Crippen molar-refractivity contribution >= 4 is 27.8 Å². The summed E-state index contributed by atoms with van der Waals surface area (Å²) in [5.41, 5.74) is 1.50. The lowest BCUT2D eigenvalue weighted by Crippen LogP contribution is -2.05. The van der Waals surface area contributed by atoms with Crippen molar-refractivity contribution in [2.75, 3.05) is 21.2 Å². The van der Waals surface area contributed by atoms with Crippen LogP contribution in [0.5, 0.6) is 5.88 Å². The molecular weight excluding hydrogens is 310 g/mol. The number of aldehydes is 1. The third-order valence-corrected chi connectivity index (χ3v) is 3.10. The minimum absolute atomic E-state index is 0.464. The lowest BCUT2D eigenvalue weighted by Gasteiger charge is -2.11. The summed E-state index contributed by atoms with van der Waals surface area (Å²) in [7, 11) is 5.32. The second kappa shape index (κ2) is 7.04. The quantitative estimate of drug-likeness (QED) is 0.472. The molecule has 102 valence electrons. The maximum Gasteiger partial charge on any atom is 0.231 e. The van der Waals surface area contributed by atoms with E-state index in [0.717, 1.165) is 15.7 Å². The molecule has 0 aliphatic rings. The first-order chi connectivity index (χ1) is 8.99. The molecule has 0 saturated carbocycles. The summed E-state index contributed by atoms with van der Waals surface area (Å²) < 4.78 is 5.92. The van der Waals surface area contributed by atoms with E-state index in [-0.39, 0.29) is 0 Å². The van der Waals surface area contributed by atoms with E-state index in [1.54, 1.807) is 13.2 Å². The molecular formula is C13H16BrN3O2. The van der Waals surface area contributed by atoms with E-state index in [9.17, 15) is 4.79 Å². The van der Waals surface area contributed by atoms with Gasteiger partial charge in [-0.2, -0.15) is 4.98 Å². The molecule has 5 nitrogen and oxygen atoms in total. The summed E-state index contributed by atoms with van der Waals surface area (Å²) >= 11 is 3.37. The summed E-state index contributed by atoms with van der Waals surface area (Å²) in [6, 6.07) is 0. The normalized spacial score (nSPS) is 11.7. The van der Waals surface area contributed by atoms with Crippen LogP contribution >= 0.6 is 15.9 Å². The molecule has 0 atom stereocenters. The van der Waals surface area contributed by atoms with Crippen LogP contribution in [0.2, 0.25) is 0 Å². The number of rotatable bonds is 5. The van der Waals surface area contributed by atoms with Crippen LogP contribution in [0.3, 0.4) is 0 Å². The predicted molar refractivity (Wildman–Crippen MR) is 77.9 cm³/mol. The zero-order valence-electron chi connectivity index (χ0n) is 11.3. The van der Waals surface area contributed by atoms with Gasteiger partial charge in [0.1, 0.15) is 10.8 Å². The molecule has 0 radical (unpaired) electrons. The Labute approximate surface area is 121 Å². The molecule has 0 aliphatic heterocycles. The van der Waals surface area contributed by atoms with E-state index < -0.39 is 0 Å². The van der Waals surface area contributed by atoms with Gasteiger partial charge in [-0.25, -0.2) is 4.98 Å². The first kappa shape index (κ1) is 15.4. The SMILES string of the molecule is COc1nc(C(=CN(C)C)/C=C\C=O)nc(C)c1Br. The van der Waals surface area contributed by atoms with Gasteiger partial charge in [-0.1, -0.05) is 0 Å². The van der Waals surface area contributed by atoms with Crippen LogP contribution < -0.4 is 4.74 Å². The number of ether oxygens (including phenoxy) is 1. The number of nitrogens with zero attached hydrogens (tertiary/aromatic N) is 3. The van der Waals surface area contributed by atoms with E-state index in [0.29, 0.717) is 18.0 Å². The number of carbonyl (C=O) groups excluding carboxylic acids is 1. The van der Waals surface area contributed by atoms with Crippen molar-refractivity contribution in [3.05, 3.63) is 34.3 Å². The second-order valence-corrected chi connectivity index (χ2v) is 4.79. The first-order valence-electron chi connectivity index (χ1n) is 5.58. The van der Waals surface area contributed by atoms with Gasteiger partial charge in [0.15, 0.2) is 5.82 Å². The van der Waals surface area contributed by atoms with Crippen LogP contribution in [-0.2, 0) is 4.79 Å². The lowest BCUT2D eigenvalue weighted by molar-refractivity contribution is -0.104. The van der Waals surface area contributed by atoms with Gasteiger partial charge in [0.25, 0.3) is 0 Å². The fraction of sp³-hybridized carbons (Fsp3) is 0.308. The van der Waals surface area contributed by atoms with Crippen molar-refractivity contribution in [2.24, 2.45) is 0 Å². The highest BCUT2D eigenvalue weighted by molar-refractivity contribution is 9.10. The molecule has 0 spiro atoms. The Bertz CT molecular complexity index is 525. The van der Waals surface area contributed by atoms with Crippen LogP contribution in [-0.4, -0.2) is 42.4 Å². The van der Waals surface area contributed by atoms with E-state index in [4.69, 9.17) is 4.74 Å². The number of halogens is 1. The van der Waals surface area contributed by atoms with Crippen LogP contribution in [0, 0.1) is 6.92 Å². The highest BCUT2D eigenvalue weighted by atomic mass is 79.9. The third-order valence-electron chi connectivity index (χ3n) is 2.19. The van der Waals surface area contributed by atoms with Crippen molar-refractivity contribution in [3.8, 4) is 5.88 Å². The van der Waals surface area contributed by atoms with E-state index in [1.165, 1.54) is 6.08 Å². The average Bonchev–Trinajstić information content (AvgIpc) is 2.37. The molecule has 0 bridgehead atoms. The van der Waals surface area contributed by atoms with Crippen LogP contribution in [0.15, 0.2) is 22.8 Å². The first-order valence-corrected chi connectivity index (χ1v) is 6.37. The summed E-state index contributed by atoms with van der Waals surface area (Å²) in [5, 5.41) is 0. The Hall–Kier alpha value is -1.69. The molecule has 1 heterocycles. The van der Waals surface area contributed by atoms with Crippen molar-refractivity contribution in [2.45, 2.75) is 6.92 Å². The van der Waals surface area contributed by atoms with Gasteiger partial charge >= 0.3 is 0 Å². The number of hydrogen-bond donors (Lipinski definition) is 0. The molecule has 0 aromatic carbocycles. The zero-order chi connectivity index (χ0) is 14.4. The number of allylic oxidation sites excluding steroid dienone is 3. The second-order valence-electron chi connectivity index (χ2n) is 4.00. The van der Waals surface area contributed by atoms with Crippen molar-refractivity contribution in [3.63, 3.8) is 0 Å². The maximum atomic E-state index is 10.5. The molecule has 0 fully saturated rings. The summed E-state index contributed by atoms with van der Waals surface area (Å²) in [4.78, 5) is 21.0. The average molecular weight is 326 g/mol. The Morgan fingerprint density at radius 2 is 2.05 bits per heavy atom. The molecule has 19 heavy (non-hydrogen) atoms. The molecule has 0 N–H and O–H groups in total. The Morgan fingerprint density at radius 1 is 1.37 bits per heavy atom. The Balaban J connectivity index is 3.34. The highest BCUT2D eigenvalue weighted by Gasteiger charge is 2.11. The van der Waals surface area contributed by atoms with Crippen LogP contribution in [0.4, 0.5) is 0 Å². The standard InChI is InChI=1S/C13H16BrN3O2/c1-9-11(14)13(19-4)16-12(15-9)10(6-5-7-18)8-17(2)3/h5-8H,1-4H3/b6-5-,10-8?. The van der Waals surface area contributed by atoms with E-state index in [2.05, 4.69) is 25.9 Å². The number of hydrogen-bond acceptors (Lipinski definition) is 5. The molecule has 0 unspecified atom stereocenters. The fourth-order valence-electron chi connectivity index (χ4n) is 1.39. The third kappa shape index (κ3) is 4.17. The summed E-state index contributed by atoms with van der Waals surface area (Å²) in [6.45, 7) is 1.86. The number of aryl methyl sites for hydroxylation is 1. The lowest BCUT2D eigenvalue weighted by atomic mass is 10.2. The van der Waals surface area contributed by atoms with Crippen LogP contribution in [0.25, 0.3) is 5.57 Å². The molecule has 0 aliphatic carbocycles. The minimum Gasteiger partial charge on any atom is -0.480 e. The highest BCUT2D eigenvalue weighted by Crippen LogP contribution is 2.27. The smallest absolute Gasteiger partial charge is 0.231 e. The summed E-state index contributed by atoms with van der Waals surface area (Å²) in [6.07, 6.45) is 5.62. The monoisotopic (exact) mass is 325 g/mol. The van der Waals surface area contributed by atoms with Gasteiger partial charge in [0.05, 0.1) is 12.8 Å². The van der Waals surface area contributed by atoms with Gasteiger partial charge < -0.3 is 9.64 Å². The number of aromatic nitrogens is 2. The Morgan fingerprint density at radius 3 is 2.58 bits per heavy atom. The minimum atomic E-state index is 0.464. The van der Waals surface area contributed by atoms with Gasteiger partial charge in [-0.05, 0) is 35.0 Å². The fourth-order valence-corrected chi connectivity index (χ4v) is 1.73. The van der Waals surface area contributed by atoms with Gasteiger partial charge in [-0.3, -0.25) is 4.79 Å². The molecule has 6 heteroatoms. The number of carbonyl (C=O) groups is 1. The molecule has 1 rings (SSSR count). The van der Waals surface area contributed by atoms with E-state index >= 15 is 0 Å². The van der Waals surface area contributed by atoms with Gasteiger partial charge in [0.2, 0.25) is 5.88 Å². The zero-order valence-corrected chi connectivity index (χ0v) is 12.9. The van der Waals surface area contributed by atoms with Crippen molar-refractivity contribution < 1.29 is 9.53 Å². The van der Waals surface area contributed by atoms with Gasteiger partial charge in [0, 0.05) is 25.9 Å². The van der Waals surface area contributed by atoms with Crippen molar-refractivity contribution in [1.82, 2.24) is 14.9 Å². The summed E-state index contributed by atoms with van der Waals surface area (Å²) in [5.74, 6) is 0.969. The topological polar surface area (TPSA) is 55.3 Å². The molecule has 1 aromatic heterocycles. The molecule has 0 saturated heterocycles. The Kier molecular flexibility index (Phi) is 5.69. The number of methoxy groups -OCH3 is 1. The molecule has 0 amide bonds.